The van der Waals surface area contributed by atoms with E-state index in [-0.39, 0.29) is 17.3 Å². The van der Waals surface area contributed by atoms with Crippen molar-refractivity contribution < 1.29 is 4.79 Å². The monoisotopic (exact) mass is 424 g/mol. The summed E-state index contributed by atoms with van der Waals surface area (Å²) >= 11 is 0. The molecule has 3 heterocycles. The summed E-state index contributed by atoms with van der Waals surface area (Å²) in [7, 11) is 0. The summed E-state index contributed by atoms with van der Waals surface area (Å²) in [5.41, 5.74) is 10.2. The Morgan fingerprint density at radius 3 is 2.56 bits per heavy atom. The van der Waals surface area contributed by atoms with Crippen LogP contribution >= 0.6 is 0 Å². The average Bonchev–Trinajstić information content (AvgIpc) is 3.23. The first-order chi connectivity index (χ1) is 15.4. The third-order valence-electron chi connectivity index (χ3n) is 6.34. The van der Waals surface area contributed by atoms with Gasteiger partial charge in [0.15, 0.2) is 0 Å². The normalized spacial score (nSPS) is 19.1. The van der Waals surface area contributed by atoms with Gasteiger partial charge in [-0.1, -0.05) is 42.8 Å². The Bertz CT molecular complexity index is 1330. The molecule has 5 rings (SSSR count). The Labute approximate surface area is 186 Å². The van der Waals surface area contributed by atoms with Gasteiger partial charge in [0, 0.05) is 23.4 Å². The molecular weight excluding hydrogens is 400 g/mol. The van der Waals surface area contributed by atoms with Gasteiger partial charge in [-0.05, 0) is 38.5 Å². The fourth-order valence-electron chi connectivity index (χ4n) is 5.01. The molecule has 1 amide bonds. The number of amides is 1. The molecule has 0 fully saturated rings. The fourth-order valence-corrected chi connectivity index (χ4v) is 5.01. The first kappa shape index (κ1) is 19.9. The van der Waals surface area contributed by atoms with Crippen LogP contribution in [0.15, 0.2) is 59.9 Å². The second kappa shape index (κ2) is 6.99. The first-order valence-corrected chi connectivity index (χ1v) is 10.7. The maximum Gasteiger partial charge on any atom is 0.247 e. The van der Waals surface area contributed by atoms with E-state index in [4.69, 9.17) is 10.8 Å². The number of para-hydroxylation sites is 1. The number of aromatic nitrogens is 2. The molecule has 1 spiro atoms. The topological polar surface area (TPSA) is 100.0 Å². The summed E-state index contributed by atoms with van der Waals surface area (Å²) in [6.45, 7) is 6.49. The molecule has 160 valence electrons. The van der Waals surface area contributed by atoms with E-state index in [0.29, 0.717) is 23.6 Å². The number of carbonyl (C=O) groups is 1. The molecule has 1 atom stereocenters. The van der Waals surface area contributed by atoms with Crippen LogP contribution < -0.4 is 16.0 Å². The highest BCUT2D eigenvalue weighted by molar-refractivity contribution is 6.15. The number of rotatable bonds is 3. The van der Waals surface area contributed by atoms with E-state index < -0.39 is 5.41 Å². The van der Waals surface area contributed by atoms with Gasteiger partial charge >= 0.3 is 0 Å². The Morgan fingerprint density at radius 1 is 1.16 bits per heavy atom. The van der Waals surface area contributed by atoms with Gasteiger partial charge in [-0.3, -0.25) is 4.79 Å². The lowest BCUT2D eigenvalue weighted by Gasteiger charge is -2.34. The Balaban J connectivity index is 1.86. The number of carbonyl (C=O) groups excluding carboxylic acids is 1. The zero-order chi connectivity index (χ0) is 22.6. The highest BCUT2D eigenvalue weighted by Crippen LogP contribution is 2.55. The van der Waals surface area contributed by atoms with Crippen LogP contribution in [-0.4, -0.2) is 22.2 Å². The molecule has 0 saturated heterocycles. The SMILES string of the molecule is CCCN1C(=O)C2(C(C#N)=C(N)Nc3c2c(C)nn3-c2ccc(C)cc2)c2ccccc21. The van der Waals surface area contributed by atoms with Crippen molar-refractivity contribution in [3.05, 3.63) is 82.3 Å². The lowest BCUT2D eigenvalue weighted by molar-refractivity contribution is -0.120. The zero-order valence-electron chi connectivity index (χ0n) is 18.3. The van der Waals surface area contributed by atoms with E-state index in [1.165, 1.54) is 0 Å². The predicted molar refractivity (Wildman–Crippen MR) is 123 cm³/mol. The van der Waals surface area contributed by atoms with Crippen LogP contribution in [0.3, 0.4) is 0 Å². The summed E-state index contributed by atoms with van der Waals surface area (Å²) in [5, 5.41) is 18.2. The average molecular weight is 425 g/mol. The molecule has 0 radical (unpaired) electrons. The van der Waals surface area contributed by atoms with Gasteiger partial charge < -0.3 is 16.0 Å². The van der Waals surface area contributed by atoms with E-state index in [1.807, 2.05) is 69.3 Å². The molecule has 1 unspecified atom stereocenters. The molecule has 3 aromatic rings. The molecule has 1 aromatic heterocycles. The lowest BCUT2D eigenvalue weighted by atomic mass is 9.68. The third-order valence-corrected chi connectivity index (χ3v) is 6.34. The molecule has 2 aromatic carbocycles. The van der Waals surface area contributed by atoms with Gasteiger partial charge in [-0.25, -0.2) is 4.68 Å². The summed E-state index contributed by atoms with van der Waals surface area (Å²) in [4.78, 5) is 15.9. The van der Waals surface area contributed by atoms with E-state index in [0.717, 1.165) is 28.9 Å². The van der Waals surface area contributed by atoms with Crippen molar-refractivity contribution >= 4 is 17.4 Å². The van der Waals surface area contributed by atoms with Crippen LogP contribution in [0, 0.1) is 25.2 Å². The van der Waals surface area contributed by atoms with Crippen molar-refractivity contribution in [3.63, 3.8) is 0 Å². The second-order valence-electron chi connectivity index (χ2n) is 8.31. The number of nitriles is 1. The molecule has 0 saturated carbocycles. The van der Waals surface area contributed by atoms with Crippen LogP contribution in [0.25, 0.3) is 5.69 Å². The van der Waals surface area contributed by atoms with Crippen LogP contribution in [0.5, 0.6) is 0 Å². The molecule has 0 bridgehead atoms. The van der Waals surface area contributed by atoms with Gasteiger partial charge in [-0.15, -0.1) is 0 Å². The number of aryl methyl sites for hydroxylation is 2. The minimum atomic E-state index is -1.32. The van der Waals surface area contributed by atoms with Gasteiger partial charge in [0.05, 0.1) is 17.0 Å². The molecule has 7 nitrogen and oxygen atoms in total. The molecule has 7 heteroatoms. The predicted octanol–water partition coefficient (Wildman–Crippen LogP) is 3.65. The van der Waals surface area contributed by atoms with Gasteiger partial charge in [0.25, 0.3) is 0 Å². The van der Waals surface area contributed by atoms with E-state index in [2.05, 4.69) is 11.4 Å². The number of nitrogens with zero attached hydrogens (tertiary/aromatic N) is 4. The highest BCUT2D eigenvalue weighted by atomic mass is 16.2. The standard InChI is InChI=1S/C25H24N6O/c1-4-13-30-20-8-6-5-7-18(20)25(24(30)32)19(14-26)22(27)28-23-21(25)16(3)29-31(23)17-11-9-15(2)10-12-17/h5-12,28H,4,13,27H2,1-3H3. The second-order valence-corrected chi connectivity index (χ2v) is 8.31. The zero-order valence-corrected chi connectivity index (χ0v) is 18.3. The number of nitrogens with two attached hydrogens (primary N) is 1. The van der Waals surface area contributed by atoms with Crippen LogP contribution in [0.1, 0.15) is 35.7 Å². The van der Waals surface area contributed by atoms with Crippen molar-refractivity contribution in [2.24, 2.45) is 5.73 Å². The van der Waals surface area contributed by atoms with Gasteiger partial charge in [0.2, 0.25) is 5.91 Å². The molecular formula is C25H24N6O. The summed E-state index contributed by atoms with van der Waals surface area (Å²) in [6.07, 6.45) is 0.796. The number of hydrogen-bond donors (Lipinski definition) is 2. The number of fused-ring (bicyclic) bond motifs is 4. The number of nitrogens with one attached hydrogen (secondary N) is 1. The van der Waals surface area contributed by atoms with E-state index >= 15 is 0 Å². The minimum absolute atomic E-state index is 0.158. The van der Waals surface area contributed by atoms with E-state index in [1.54, 1.807) is 9.58 Å². The molecule has 3 N–H and O–H groups in total. The Hall–Kier alpha value is -4.05. The minimum Gasteiger partial charge on any atom is -0.384 e. The maximum atomic E-state index is 14.2. The van der Waals surface area contributed by atoms with Crippen molar-refractivity contribution in [1.82, 2.24) is 9.78 Å². The molecule has 2 aliphatic rings. The number of hydrogen-bond acceptors (Lipinski definition) is 5. The van der Waals surface area contributed by atoms with Crippen molar-refractivity contribution in [2.75, 3.05) is 16.8 Å². The molecule has 32 heavy (non-hydrogen) atoms. The van der Waals surface area contributed by atoms with Crippen molar-refractivity contribution in [2.45, 2.75) is 32.6 Å². The fraction of sp³-hybridized carbons (Fsp3) is 0.240. The summed E-state index contributed by atoms with van der Waals surface area (Å²) in [6, 6.07) is 17.9. The highest BCUT2D eigenvalue weighted by Gasteiger charge is 2.60. The third kappa shape index (κ3) is 2.41. The Morgan fingerprint density at radius 2 is 1.88 bits per heavy atom. The van der Waals surface area contributed by atoms with Crippen LogP contribution in [0.2, 0.25) is 0 Å². The molecule has 2 aliphatic heterocycles. The quantitative estimate of drug-likeness (QED) is 0.668. The molecule has 0 aliphatic carbocycles. The van der Waals surface area contributed by atoms with Crippen molar-refractivity contribution in [3.8, 4) is 11.8 Å². The van der Waals surface area contributed by atoms with E-state index in [9.17, 15) is 10.1 Å². The van der Waals surface area contributed by atoms with Crippen LogP contribution in [-0.2, 0) is 10.2 Å². The first-order valence-electron chi connectivity index (χ1n) is 10.7. The number of benzene rings is 2. The largest absolute Gasteiger partial charge is 0.384 e. The Kier molecular flexibility index (Phi) is 4.34. The maximum absolute atomic E-state index is 14.2. The summed E-state index contributed by atoms with van der Waals surface area (Å²) < 4.78 is 1.77. The lowest BCUT2D eigenvalue weighted by Crippen LogP contribution is -2.46. The van der Waals surface area contributed by atoms with Gasteiger partial charge in [-0.2, -0.15) is 10.4 Å². The van der Waals surface area contributed by atoms with Gasteiger partial charge in [0.1, 0.15) is 23.1 Å². The smallest absolute Gasteiger partial charge is 0.247 e. The number of anilines is 2. The summed E-state index contributed by atoms with van der Waals surface area (Å²) in [5.74, 6) is 0.633. The van der Waals surface area contributed by atoms with Crippen LogP contribution in [0.4, 0.5) is 11.5 Å². The van der Waals surface area contributed by atoms with Crippen molar-refractivity contribution in [1.29, 1.82) is 5.26 Å².